The molecule has 0 aromatic heterocycles. The predicted octanol–water partition coefficient (Wildman–Crippen LogP) is 7.10. The second-order valence-electron chi connectivity index (χ2n) is 10.2. The maximum Gasteiger partial charge on any atom is 0.335 e. The van der Waals surface area contributed by atoms with Crippen LogP contribution in [0.3, 0.4) is 0 Å². The zero-order chi connectivity index (χ0) is 24.7. The fourth-order valence-corrected chi connectivity index (χ4v) is 5.92. The van der Waals surface area contributed by atoms with Gasteiger partial charge in [-0.1, -0.05) is 37.1 Å². The number of ether oxygens (including phenoxy) is 1. The molecule has 3 aromatic rings. The summed E-state index contributed by atoms with van der Waals surface area (Å²) in [6, 6.07) is 15.4. The number of aryl methyl sites for hydroxylation is 1. The molecular formula is C31H32O4. The van der Waals surface area contributed by atoms with Crippen LogP contribution < -0.4 is 4.74 Å². The first-order chi connectivity index (χ1) is 16.8. The van der Waals surface area contributed by atoms with E-state index in [4.69, 9.17) is 4.74 Å². The van der Waals surface area contributed by atoms with E-state index in [0.717, 1.165) is 56.7 Å². The summed E-state index contributed by atoms with van der Waals surface area (Å²) in [5, 5.41) is 9.38. The number of fused-ring (bicyclic) bond motifs is 1. The number of rotatable bonds is 6. The molecule has 1 saturated carbocycles. The minimum Gasteiger partial charge on any atom is -0.489 e. The van der Waals surface area contributed by atoms with Gasteiger partial charge in [0.25, 0.3) is 0 Å². The quantitative estimate of drug-likeness (QED) is 0.419. The topological polar surface area (TPSA) is 63.6 Å². The van der Waals surface area contributed by atoms with Crippen molar-refractivity contribution in [3.8, 4) is 16.9 Å². The van der Waals surface area contributed by atoms with Gasteiger partial charge in [0.05, 0.1) is 5.56 Å². The first-order valence-electron chi connectivity index (χ1n) is 12.6. The van der Waals surface area contributed by atoms with Gasteiger partial charge < -0.3 is 9.84 Å². The van der Waals surface area contributed by atoms with E-state index in [-0.39, 0.29) is 11.5 Å². The lowest BCUT2D eigenvalue weighted by molar-refractivity contribution is 0.0696. The molecule has 0 spiro atoms. The van der Waals surface area contributed by atoms with Gasteiger partial charge in [-0.3, -0.25) is 4.79 Å². The highest BCUT2D eigenvalue weighted by molar-refractivity contribution is 6.04. The minimum absolute atomic E-state index is 0.141. The van der Waals surface area contributed by atoms with Crippen molar-refractivity contribution in [1.82, 2.24) is 0 Å². The van der Waals surface area contributed by atoms with E-state index in [1.807, 2.05) is 38.1 Å². The zero-order valence-corrected chi connectivity index (χ0v) is 20.7. The normalized spacial score (nSPS) is 17.6. The van der Waals surface area contributed by atoms with Crippen LogP contribution in [0.1, 0.15) is 74.2 Å². The van der Waals surface area contributed by atoms with Crippen LogP contribution in [0.15, 0.2) is 48.5 Å². The summed E-state index contributed by atoms with van der Waals surface area (Å²) in [5.74, 6) is 0.926. The molecule has 2 aliphatic rings. The summed E-state index contributed by atoms with van der Waals surface area (Å²) in [4.78, 5) is 24.7. The highest BCUT2D eigenvalue weighted by Gasteiger charge is 2.39. The molecule has 1 fully saturated rings. The first-order valence-corrected chi connectivity index (χ1v) is 12.6. The number of carboxylic acid groups (broad SMARTS) is 1. The van der Waals surface area contributed by atoms with Gasteiger partial charge in [0, 0.05) is 11.5 Å². The van der Waals surface area contributed by atoms with Gasteiger partial charge in [0.2, 0.25) is 0 Å². The van der Waals surface area contributed by atoms with Crippen LogP contribution in [0.5, 0.6) is 5.75 Å². The van der Waals surface area contributed by atoms with Crippen LogP contribution in [0, 0.1) is 32.6 Å². The minimum atomic E-state index is -0.929. The van der Waals surface area contributed by atoms with Gasteiger partial charge in [-0.15, -0.1) is 0 Å². The van der Waals surface area contributed by atoms with E-state index >= 15 is 0 Å². The number of carboxylic acids is 1. The Kier molecular flexibility index (Phi) is 6.22. The second kappa shape index (κ2) is 9.33. The first kappa shape index (κ1) is 23.3. The summed E-state index contributed by atoms with van der Waals surface area (Å²) in [6.45, 7) is 6.48. The van der Waals surface area contributed by atoms with Gasteiger partial charge in [-0.25, -0.2) is 4.79 Å². The second-order valence-corrected chi connectivity index (χ2v) is 10.2. The Balaban J connectivity index is 1.37. The van der Waals surface area contributed by atoms with Crippen LogP contribution in [-0.4, -0.2) is 16.9 Å². The molecule has 2 aliphatic carbocycles. The third-order valence-corrected chi connectivity index (χ3v) is 8.04. The maximum atomic E-state index is 13.2. The van der Waals surface area contributed by atoms with Crippen molar-refractivity contribution in [2.45, 2.75) is 59.5 Å². The molecule has 0 heterocycles. The standard InChI is InChI=1S/C31H32O4/c1-18-11-12-24(31(33)34)14-26(18)23-10-6-7-21(13-23)17-35-28-16-25-15-27(22-8-4-5-9-22)30(32)29(25)20(3)19(28)2/h6-7,10-14,16,22,27H,4-5,8-9,15,17H2,1-3H3,(H,33,34). The molecule has 0 amide bonds. The molecule has 0 aliphatic heterocycles. The van der Waals surface area contributed by atoms with Crippen molar-refractivity contribution in [3.05, 3.63) is 87.5 Å². The van der Waals surface area contributed by atoms with Gasteiger partial charge >= 0.3 is 5.97 Å². The zero-order valence-electron chi connectivity index (χ0n) is 20.7. The predicted molar refractivity (Wildman–Crippen MR) is 137 cm³/mol. The van der Waals surface area contributed by atoms with Crippen LogP contribution in [0.2, 0.25) is 0 Å². The Morgan fingerprint density at radius 2 is 1.77 bits per heavy atom. The van der Waals surface area contributed by atoms with Crippen LogP contribution in [0.4, 0.5) is 0 Å². The molecule has 4 heteroatoms. The van der Waals surface area contributed by atoms with Crippen molar-refractivity contribution < 1.29 is 19.4 Å². The third-order valence-electron chi connectivity index (χ3n) is 8.04. The van der Waals surface area contributed by atoms with Gasteiger partial charge in [-0.2, -0.15) is 0 Å². The summed E-state index contributed by atoms with van der Waals surface area (Å²) >= 11 is 0. The highest BCUT2D eigenvalue weighted by Crippen LogP contribution is 2.43. The van der Waals surface area contributed by atoms with Gasteiger partial charge in [-0.05, 0) is 109 Å². The molecule has 4 nitrogen and oxygen atoms in total. The Bertz CT molecular complexity index is 1310. The van der Waals surface area contributed by atoms with Crippen LogP contribution in [0.25, 0.3) is 11.1 Å². The Morgan fingerprint density at radius 3 is 2.51 bits per heavy atom. The van der Waals surface area contributed by atoms with E-state index in [9.17, 15) is 14.7 Å². The number of hydrogen-bond acceptors (Lipinski definition) is 3. The van der Waals surface area contributed by atoms with E-state index in [0.29, 0.717) is 18.3 Å². The molecule has 0 radical (unpaired) electrons. The lowest BCUT2D eigenvalue weighted by Crippen LogP contribution is -2.18. The van der Waals surface area contributed by atoms with Gasteiger partial charge in [0.1, 0.15) is 12.4 Å². The van der Waals surface area contributed by atoms with E-state index in [2.05, 4.69) is 19.1 Å². The van der Waals surface area contributed by atoms with Crippen molar-refractivity contribution in [2.24, 2.45) is 11.8 Å². The van der Waals surface area contributed by atoms with Crippen molar-refractivity contribution >= 4 is 11.8 Å². The molecule has 1 unspecified atom stereocenters. The molecule has 3 aromatic carbocycles. The molecule has 1 N–H and O–H groups in total. The van der Waals surface area contributed by atoms with Crippen molar-refractivity contribution in [3.63, 3.8) is 0 Å². The fraction of sp³-hybridized carbons (Fsp3) is 0.355. The van der Waals surface area contributed by atoms with Crippen LogP contribution in [-0.2, 0) is 13.0 Å². The monoisotopic (exact) mass is 468 g/mol. The Morgan fingerprint density at radius 1 is 1.00 bits per heavy atom. The summed E-state index contributed by atoms with van der Waals surface area (Å²) < 4.78 is 6.30. The Labute approximate surface area is 207 Å². The number of hydrogen-bond donors (Lipinski definition) is 1. The van der Waals surface area contributed by atoms with Gasteiger partial charge in [0.15, 0.2) is 5.78 Å². The third kappa shape index (κ3) is 4.38. The van der Waals surface area contributed by atoms with E-state index < -0.39 is 5.97 Å². The molecule has 35 heavy (non-hydrogen) atoms. The molecule has 1 atom stereocenters. The smallest absolute Gasteiger partial charge is 0.335 e. The molecule has 0 saturated heterocycles. The largest absolute Gasteiger partial charge is 0.489 e. The lowest BCUT2D eigenvalue weighted by atomic mass is 9.87. The lowest BCUT2D eigenvalue weighted by Gasteiger charge is -2.16. The van der Waals surface area contributed by atoms with Crippen molar-refractivity contribution in [1.29, 1.82) is 0 Å². The average Bonchev–Trinajstić information content (AvgIpc) is 3.49. The summed E-state index contributed by atoms with van der Waals surface area (Å²) in [7, 11) is 0. The summed E-state index contributed by atoms with van der Waals surface area (Å²) in [5.41, 5.74) is 8.36. The highest BCUT2D eigenvalue weighted by atomic mass is 16.5. The number of benzene rings is 3. The number of Topliss-reactive ketones (excluding diaryl/α,β-unsaturated/α-hetero) is 1. The SMILES string of the molecule is Cc1ccc(C(=O)O)cc1-c1cccc(COc2cc3c(c(C)c2C)C(=O)C(C2CCCC2)C3)c1. The molecule has 5 rings (SSSR count). The average molecular weight is 469 g/mol. The molecule has 180 valence electrons. The number of ketones is 1. The van der Waals surface area contributed by atoms with Crippen LogP contribution >= 0.6 is 0 Å². The summed E-state index contributed by atoms with van der Waals surface area (Å²) in [6.07, 6.45) is 5.69. The van der Waals surface area contributed by atoms with Crippen molar-refractivity contribution in [2.75, 3.05) is 0 Å². The Hall–Kier alpha value is -3.40. The number of aromatic carboxylic acids is 1. The van der Waals surface area contributed by atoms with E-state index in [1.165, 1.54) is 25.7 Å². The number of carbonyl (C=O) groups is 2. The number of carbonyl (C=O) groups excluding carboxylic acids is 1. The molecule has 0 bridgehead atoms. The molecular weight excluding hydrogens is 436 g/mol. The van der Waals surface area contributed by atoms with E-state index in [1.54, 1.807) is 12.1 Å². The maximum absolute atomic E-state index is 13.2. The fourth-order valence-electron chi connectivity index (χ4n) is 5.92.